The maximum Gasteiger partial charge on any atom is 0.287 e. The smallest absolute Gasteiger partial charge is 0.287 e. The number of ketones is 1. The Bertz CT molecular complexity index is 377. The summed E-state index contributed by atoms with van der Waals surface area (Å²) in [6, 6.07) is 7.00. The number of rotatable bonds is 4. The van der Waals surface area contributed by atoms with Crippen LogP contribution in [0.15, 0.2) is 24.3 Å². The average Bonchev–Trinajstić information content (AvgIpc) is 2.21. The molecule has 15 heavy (non-hydrogen) atoms. The van der Waals surface area contributed by atoms with Crippen LogP contribution in [-0.4, -0.2) is 18.2 Å². The van der Waals surface area contributed by atoms with Crippen LogP contribution in [0.5, 0.6) is 0 Å². The van der Waals surface area contributed by atoms with Crippen molar-refractivity contribution in [2.24, 2.45) is 0 Å². The molecule has 0 heterocycles. The van der Waals surface area contributed by atoms with Gasteiger partial charge in [-0.05, 0) is 18.6 Å². The molecule has 0 aromatic heterocycles. The average molecular weight is 226 g/mol. The molecule has 3 nitrogen and oxygen atoms in total. The molecule has 1 aromatic rings. The first-order valence-corrected chi connectivity index (χ1v) is 5.07. The Kier molecular flexibility index (Phi) is 4.31. The highest BCUT2D eigenvalue weighted by atomic mass is 35.5. The fraction of sp³-hybridized carbons (Fsp3) is 0.273. The SMILES string of the molecule is CCNC(=O)C(=O)Cc1ccccc1Cl. The van der Waals surface area contributed by atoms with Crippen molar-refractivity contribution >= 4 is 23.3 Å². The Labute approximate surface area is 93.4 Å². The van der Waals surface area contributed by atoms with E-state index in [1.54, 1.807) is 31.2 Å². The standard InChI is InChI=1S/C11H12ClNO2/c1-2-13-11(15)10(14)7-8-5-3-4-6-9(8)12/h3-6H,2,7H2,1H3,(H,13,15). The van der Waals surface area contributed by atoms with Gasteiger partial charge >= 0.3 is 0 Å². The van der Waals surface area contributed by atoms with Gasteiger partial charge in [0.25, 0.3) is 5.91 Å². The second kappa shape index (κ2) is 5.51. The summed E-state index contributed by atoms with van der Waals surface area (Å²) in [7, 11) is 0. The Morgan fingerprint density at radius 2 is 2.00 bits per heavy atom. The number of hydrogen-bond donors (Lipinski definition) is 1. The van der Waals surface area contributed by atoms with Crippen LogP contribution in [0.25, 0.3) is 0 Å². The molecule has 0 saturated carbocycles. The maximum absolute atomic E-state index is 11.4. The number of hydrogen-bond acceptors (Lipinski definition) is 2. The molecule has 0 spiro atoms. The lowest BCUT2D eigenvalue weighted by Crippen LogP contribution is -2.31. The minimum absolute atomic E-state index is 0.0471. The minimum Gasteiger partial charge on any atom is -0.350 e. The van der Waals surface area contributed by atoms with Crippen molar-refractivity contribution in [1.29, 1.82) is 0 Å². The molecule has 0 fully saturated rings. The van der Waals surface area contributed by atoms with Crippen LogP contribution >= 0.6 is 11.6 Å². The molecule has 4 heteroatoms. The fourth-order valence-electron chi connectivity index (χ4n) is 1.15. The Balaban J connectivity index is 2.67. The Hall–Kier alpha value is -1.35. The van der Waals surface area contributed by atoms with Crippen molar-refractivity contribution in [1.82, 2.24) is 5.32 Å². The van der Waals surface area contributed by atoms with Crippen molar-refractivity contribution in [2.45, 2.75) is 13.3 Å². The number of nitrogens with one attached hydrogen (secondary N) is 1. The zero-order valence-electron chi connectivity index (χ0n) is 8.42. The summed E-state index contributed by atoms with van der Waals surface area (Å²) in [6.45, 7) is 2.22. The van der Waals surface area contributed by atoms with E-state index < -0.39 is 11.7 Å². The van der Waals surface area contributed by atoms with Gasteiger partial charge in [0.15, 0.2) is 0 Å². The van der Waals surface area contributed by atoms with Gasteiger partial charge in [-0.25, -0.2) is 0 Å². The Morgan fingerprint density at radius 3 is 2.60 bits per heavy atom. The molecule has 0 radical (unpaired) electrons. The minimum atomic E-state index is -0.558. The fourth-order valence-corrected chi connectivity index (χ4v) is 1.36. The van der Waals surface area contributed by atoms with Gasteiger partial charge in [0, 0.05) is 18.0 Å². The van der Waals surface area contributed by atoms with E-state index in [1.807, 2.05) is 0 Å². The summed E-state index contributed by atoms with van der Waals surface area (Å²) in [4.78, 5) is 22.5. The predicted molar refractivity (Wildman–Crippen MR) is 58.8 cm³/mol. The first-order valence-electron chi connectivity index (χ1n) is 4.69. The highest BCUT2D eigenvalue weighted by Gasteiger charge is 2.14. The topological polar surface area (TPSA) is 46.2 Å². The van der Waals surface area contributed by atoms with Gasteiger partial charge in [-0.1, -0.05) is 29.8 Å². The van der Waals surface area contributed by atoms with Crippen molar-refractivity contribution in [3.63, 3.8) is 0 Å². The van der Waals surface area contributed by atoms with E-state index in [1.165, 1.54) is 0 Å². The molecule has 0 bridgehead atoms. The third-order valence-electron chi connectivity index (χ3n) is 1.90. The molecule has 1 rings (SSSR count). The summed E-state index contributed by atoms with van der Waals surface area (Å²) in [5.74, 6) is -1.03. The lowest BCUT2D eigenvalue weighted by Gasteiger charge is -2.03. The number of carbonyl (C=O) groups excluding carboxylic acids is 2. The summed E-state index contributed by atoms with van der Waals surface area (Å²) in [5.41, 5.74) is 0.676. The van der Waals surface area contributed by atoms with Crippen molar-refractivity contribution in [3.05, 3.63) is 34.9 Å². The van der Waals surface area contributed by atoms with E-state index in [4.69, 9.17) is 11.6 Å². The Morgan fingerprint density at radius 1 is 1.33 bits per heavy atom. The van der Waals surface area contributed by atoms with E-state index in [0.717, 1.165) is 0 Å². The summed E-state index contributed by atoms with van der Waals surface area (Å²) < 4.78 is 0. The second-order valence-corrected chi connectivity index (χ2v) is 3.46. The molecular weight excluding hydrogens is 214 g/mol. The molecule has 1 aromatic carbocycles. The van der Waals surface area contributed by atoms with Crippen molar-refractivity contribution in [2.75, 3.05) is 6.54 Å². The van der Waals surface area contributed by atoms with Crippen molar-refractivity contribution < 1.29 is 9.59 Å². The van der Waals surface area contributed by atoms with Crippen LogP contribution in [0.3, 0.4) is 0 Å². The molecule has 0 aliphatic heterocycles. The highest BCUT2D eigenvalue weighted by Crippen LogP contribution is 2.15. The molecule has 0 unspecified atom stereocenters. The molecule has 80 valence electrons. The number of likely N-dealkylation sites (N-methyl/N-ethyl adjacent to an activating group) is 1. The van der Waals surface area contributed by atoms with E-state index in [0.29, 0.717) is 17.1 Å². The number of benzene rings is 1. The lowest BCUT2D eigenvalue weighted by molar-refractivity contribution is -0.137. The molecule has 0 saturated heterocycles. The lowest BCUT2D eigenvalue weighted by atomic mass is 10.1. The molecule has 0 aliphatic carbocycles. The molecule has 1 N–H and O–H groups in total. The van der Waals surface area contributed by atoms with Gasteiger partial charge in [0.2, 0.25) is 5.78 Å². The van der Waals surface area contributed by atoms with E-state index in [-0.39, 0.29) is 6.42 Å². The quantitative estimate of drug-likeness (QED) is 0.791. The van der Waals surface area contributed by atoms with E-state index >= 15 is 0 Å². The van der Waals surface area contributed by atoms with Crippen LogP contribution in [0.1, 0.15) is 12.5 Å². The van der Waals surface area contributed by atoms with E-state index in [9.17, 15) is 9.59 Å². The van der Waals surface area contributed by atoms with Gasteiger partial charge in [-0.15, -0.1) is 0 Å². The third-order valence-corrected chi connectivity index (χ3v) is 2.27. The first-order chi connectivity index (χ1) is 7.15. The first kappa shape index (κ1) is 11.7. The molecule has 0 atom stereocenters. The van der Waals surface area contributed by atoms with Gasteiger partial charge < -0.3 is 5.32 Å². The van der Waals surface area contributed by atoms with Crippen LogP contribution in [0, 0.1) is 0 Å². The zero-order chi connectivity index (χ0) is 11.3. The number of amides is 1. The number of carbonyl (C=O) groups is 2. The predicted octanol–water partition coefficient (Wildman–Crippen LogP) is 1.59. The van der Waals surface area contributed by atoms with Crippen LogP contribution in [-0.2, 0) is 16.0 Å². The maximum atomic E-state index is 11.4. The third kappa shape index (κ3) is 3.36. The molecular formula is C11H12ClNO2. The van der Waals surface area contributed by atoms with Gasteiger partial charge in [-0.2, -0.15) is 0 Å². The molecule has 1 amide bonds. The number of Topliss-reactive ketones (excluding diaryl/α,β-unsaturated/α-hetero) is 1. The van der Waals surface area contributed by atoms with Gasteiger partial charge in [-0.3, -0.25) is 9.59 Å². The van der Waals surface area contributed by atoms with Crippen LogP contribution in [0.2, 0.25) is 5.02 Å². The van der Waals surface area contributed by atoms with Gasteiger partial charge in [0.1, 0.15) is 0 Å². The second-order valence-electron chi connectivity index (χ2n) is 3.05. The normalized spacial score (nSPS) is 9.73. The van der Waals surface area contributed by atoms with Gasteiger partial charge in [0.05, 0.1) is 0 Å². The molecule has 0 aliphatic rings. The summed E-state index contributed by atoms with van der Waals surface area (Å²) in [6.07, 6.45) is 0.0471. The summed E-state index contributed by atoms with van der Waals surface area (Å²) >= 11 is 5.87. The highest BCUT2D eigenvalue weighted by molar-refractivity contribution is 6.37. The summed E-state index contributed by atoms with van der Waals surface area (Å²) in [5, 5.41) is 2.96. The monoisotopic (exact) mass is 225 g/mol. The largest absolute Gasteiger partial charge is 0.350 e. The van der Waals surface area contributed by atoms with Crippen molar-refractivity contribution in [3.8, 4) is 0 Å². The van der Waals surface area contributed by atoms with E-state index in [2.05, 4.69) is 5.32 Å². The number of halogens is 1. The zero-order valence-corrected chi connectivity index (χ0v) is 9.17. The van der Waals surface area contributed by atoms with Crippen LogP contribution in [0.4, 0.5) is 0 Å². The van der Waals surface area contributed by atoms with Crippen LogP contribution < -0.4 is 5.32 Å².